The molecule has 0 spiro atoms. The number of nitrogens with two attached hydrogens (primary N) is 1. The number of carbonyl (C=O) groups is 2. The highest BCUT2D eigenvalue weighted by Gasteiger charge is 2.25. The van der Waals surface area contributed by atoms with Crippen LogP contribution < -0.4 is 5.73 Å². The van der Waals surface area contributed by atoms with Crippen molar-refractivity contribution in [2.75, 3.05) is 0 Å². The van der Waals surface area contributed by atoms with Crippen LogP contribution in [-0.2, 0) is 9.59 Å². The number of aliphatic carboxylic acids is 1. The van der Waals surface area contributed by atoms with E-state index in [1.165, 1.54) is 0 Å². The molecule has 0 saturated heterocycles. The molecule has 0 fully saturated rings. The van der Waals surface area contributed by atoms with Gasteiger partial charge in [0.2, 0.25) is 5.91 Å². The van der Waals surface area contributed by atoms with E-state index in [2.05, 4.69) is 0 Å². The van der Waals surface area contributed by atoms with Gasteiger partial charge in [-0.2, -0.15) is 0 Å². The summed E-state index contributed by atoms with van der Waals surface area (Å²) in [5.41, 5.74) is 4.32. The van der Waals surface area contributed by atoms with Crippen LogP contribution in [0.5, 0.6) is 0 Å². The normalized spacial score (nSPS) is 11.3. The zero-order valence-electron chi connectivity index (χ0n) is 8.88. The summed E-state index contributed by atoms with van der Waals surface area (Å²) in [6.07, 6.45) is 3.48. The zero-order chi connectivity index (χ0) is 11.2. The lowest BCUT2D eigenvalue weighted by molar-refractivity contribution is -0.147. The van der Waals surface area contributed by atoms with Crippen LogP contribution in [0.2, 0.25) is 0 Å². The number of carboxylic acid groups (broad SMARTS) is 1. The minimum absolute atomic E-state index is 0.289. The highest BCUT2D eigenvalue weighted by molar-refractivity contribution is 5.73. The smallest absolute Gasteiger partial charge is 0.309 e. The van der Waals surface area contributed by atoms with Gasteiger partial charge in [0.05, 0.1) is 5.41 Å². The molecule has 0 aliphatic rings. The van der Waals surface area contributed by atoms with Crippen molar-refractivity contribution in [3.05, 3.63) is 0 Å². The predicted octanol–water partition coefficient (Wildman–Crippen LogP) is 1.53. The first-order valence-corrected chi connectivity index (χ1v) is 4.88. The Bertz CT molecular complexity index is 211. The number of hydrogen-bond donors (Lipinski definition) is 2. The first-order valence-electron chi connectivity index (χ1n) is 4.88. The SMILES string of the molecule is CC(C)(CCCCCC(N)=O)C(=O)O. The minimum Gasteiger partial charge on any atom is -0.481 e. The largest absolute Gasteiger partial charge is 0.481 e. The molecule has 0 rings (SSSR count). The second kappa shape index (κ2) is 5.62. The van der Waals surface area contributed by atoms with E-state index >= 15 is 0 Å². The molecule has 0 heterocycles. The Morgan fingerprint density at radius 3 is 2.21 bits per heavy atom. The van der Waals surface area contributed by atoms with Gasteiger partial charge in [0, 0.05) is 6.42 Å². The minimum atomic E-state index is -0.771. The van der Waals surface area contributed by atoms with Gasteiger partial charge in [-0.05, 0) is 26.7 Å². The lowest BCUT2D eigenvalue weighted by atomic mass is 9.87. The van der Waals surface area contributed by atoms with Crippen molar-refractivity contribution in [1.29, 1.82) is 0 Å². The summed E-state index contributed by atoms with van der Waals surface area (Å²) >= 11 is 0. The van der Waals surface area contributed by atoms with Gasteiger partial charge in [0.1, 0.15) is 0 Å². The third-order valence-corrected chi connectivity index (χ3v) is 2.30. The summed E-state index contributed by atoms with van der Waals surface area (Å²) in [6.45, 7) is 3.42. The van der Waals surface area contributed by atoms with Gasteiger partial charge >= 0.3 is 5.97 Å². The summed E-state index contributed by atoms with van der Waals surface area (Å²) in [5, 5.41) is 8.81. The number of rotatable bonds is 7. The Kier molecular flexibility index (Phi) is 5.20. The number of hydrogen-bond acceptors (Lipinski definition) is 2. The first-order chi connectivity index (χ1) is 6.36. The fraction of sp³-hybridized carbons (Fsp3) is 0.800. The molecule has 0 aromatic rings. The maximum Gasteiger partial charge on any atom is 0.309 e. The highest BCUT2D eigenvalue weighted by Crippen LogP contribution is 2.23. The van der Waals surface area contributed by atoms with Gasteiger partial charge in [-0.25, -0.2) is 0 Å². The third-order valence-electron chi connectivity index (χ3n) is 2.30. The number of primary amides is 1. The van der Waals surface area contributed by atoms with Crippen molar-refractivity contribution in [3.63, 3.8) is 0 Å². The van der Waals surface area contributed by atoms with Crippen LogP contribution in [0.3, 0.4) is 0 Å². The Morgan fingerprint density at radius 1 is 1.21 bits per heavy atom. The standard InChI is InChI=1S/C10H19NO3/c1-10(2,9(13)14)7-5-3-4-6-8(11)12/h3-7H2,1-2H3,(H2,11,12)(H,13,14). The molecule has 3 N–H and O–H groups in total. The highest BCUT2D eigenvalue weighted by atomic mass is 16.4. The van der Waals surface area contributed by atoms with Gasteiger partial charge in [-0.15, -0.1) is 0 Å². The summed E-state index contributed by atoms with van der Waals surface area (Å²) in [5.74, 6) is -1.06. The molecular weight excluding hydrogens is 182 g/mol. The van der Waals surface area contributed by atoms with E-state index in [1.807, 2.05) is 0 Å². The molecule has 14 heavy (non-hydrogen) atoms. The van der Waals surface area contributed by atoms with E-state index in [-0.39, 0.29) is 5.91 Å². The maximum absolute atomic E-state index is 10.7. The lowest BCUT2D eigenvalue weighted by Gasteiger charge is -2.18. The topological polar surface area (TPSA) is 80.4 Å². The van der Waals surface area contributed by atoms with E-state index in [4.69, 9.17) is 10.8 Å². The van der Waals surface area contributed by atoms with Gasteiger partial charge in [0.15, 0.2) is 0 Å². The Hall–Kier alpha value is -1.06. The van der Waals surface area contributed by atoms with Crippen molar-refractivity contribution in [2.24, 2.45) is 11.1 Å². The van der Waals surface area contributed by atoms with Crippen LogP contribution in [0.1, 0.15) is 46.0 Å². The van der Waals surface area contributed by atoms with E-state index in [0.717, 1.165) is 19.3 Å². The zero-order valence-corrected chi connectivity index (χ0v) is 8.88. The first kappa shape index (κ1) is 12.9. The molecule has 0 unspecified atom stereocenters. The second-order valence-corrected chi connectivity index (χ2v) is 4.22. The summed E-state index contributed by atoms with van der Waals surface area (Å²) in [7, 11) is 0. The fourth-order valence-corrected chi connectivity index (χ4v) is 1.15. The molecule has 0 aliphatic heterocycles. The maximum atomic E-state index is 10.7. The van der Waals surface area contributed by atoms with Crippen molar-refractivity contribution in [3.8, 4) is 0 Å². The van der Waals surface area contributed by atoms with Crippen molar-refractivity contribution in [2.45, 2.75) is 46.0 Å². The Morgan fingerprint density at radius 2 is 1.79 bits per heavy atom. The molecule has 4 nitrogen and oxygen atoms in total. The predicted molar refractivity (Wildman–Crippen MR) is 53.7 cm³/mol. The molecule has 0 aliphatic carbocycles. The number of carboxylic acids is 1. The molecule has 1 amide bonds. The average Bonchev–Trinajstić information content (AvgIpc) is 2.02. The summed E-state index contributed by atoms with van der Waals surface area (Å²) in [6, 6.07) is 0. The monoisotopic (exact) mass is 201 g/mol. The molecule has 4 heteroatoms. The molecular formula is C10H19NO3. The van der Waals surface area contributed by atoms with Crippen molar-refractivity contribution >= 4 is 11.9 Å². The fourth-order valence-electron chi connectivity index (χ4n) is 1.15. The Balaban J connectivity index is 3.54. The van der Waals surface area contributed by atoms with E-state index in [9.17, 15) is 9.59 Å². The van der Waals surface area contributed by atoms with E-state index in [0.29, 0.717) is 12.8 Å². The van der Waals surface area contributed by atoms with Gasteiger partial charge < -0.3 is 10.8 Å². The second-order valence-electron chi connectivity index (χ2n) is 4.22. The number of carbonyl (C=O) groups excluding carboxylic acids is 1. The molecule has 0 atom stereocenters. The van der Waals surface area contributed by atoms with Crippen LogP contribution in [0, 0.1) is 5.41 Å². The quantitative estimate of drug-likeness (QED) is 0.613. The third kappa shape index (κ3) is 5.56. The number of amides is 1. The van der Waals surface area contributed by atoms with Crippen LogP contribution >= 0.6 is 0 Å². The van der Waals surface area contributed by atoms with Gasteiger partial charge in [-0.3, -0.25) is 9.59 Å². The van der Waals surface area contributed by atoms with Gasteiger partial charge in [-0.1, -0.05) is 12.8 Å². The molecule has 0 aromatic heterocycles. The Labute approximate surface area is 84.5 Å². The van der Waals surface area contributed by atoms with Crippen molar-refractivity contribution < 1.29 is 14.7 Å². The summed E-state index contributed by atoms with van der Waals surface area (Å²) < 4.78 is 0. The molecule has 82 valence electrons. The van der Waals surface area contributed by atoms with Crippen LogP contribution in [-0.4, -0.2) is 17.0 Å². The molecule has 0 radical (unpaired) electrons. The molecule has 0 saturated carbocycles. The van der Waals surface area contributed by atoms with E-state index in [1.54, 1.807) is 13.8 Å². The van der Waals surface area contributed by atoms with Crippen LogP contribution in [0.15, 0.2) is 0 Å². The lowest BCUT2D eigenvalue weighted by Crippen LogP contribution is -2.23. The summed E-state index contributed by atoms with van der Waals surface area (Å²) in [4.78, 5) is 21.1. The molecule has 0 aromatic carbocycles. The average molecular weight is 201 g/mol. The van der Waals surface area contributed by atoms with Gasteiger partial charge in [0.25, 0.3) is 0 Å². The van der Waals surface area contributed by atoms with E-state index < -0.39 is 11.4 Å². The number of unbranched alkanes of at least 4 members (excludes halogenated alkanes) is 2. The van der Waals surface area contributed by atoms with Crippen LogP contribution in [0.25, 0.3) is 0 Å². The van der Waals surface area contributed by atoms with Crippen LogP contribution in [0.4, 0.5) is 0 Å². The molecule has 0 bridgehead atoms. The van der Waals surface area contributed by atoms with Crippen molar-refractivity contribution in [1.82, 2.24) is 0 Å².